The van der Waals surface area contributed by atoms with Crippen LogP contribution >= 0.6 is 0 Å². The fourth-order valence-electron chi connectivity index (χ4n) is 2.79. The zero-order chi connectivity index (χ0) is 20.5. The summed E-state index contributed by atoms with van der Waals surface area (Å²) in [5.41, 5.74) is 2.06. The van der Waals surface area contributed by atoms with E-state index in [0.29, 0.717) is 17.1 Å². The van der Waals surface area contributed by atoms with E-state index in [2.05, 4.69) is 6.07 Å². The van der Waals surface area contributed by atoms with Crippen LogP contribution in [0.2, 0.25) is 0 Å². The quantitative estimate of drug-likeness (QED) is 0.276. The maximum absolute atomic E-state index is 12.2. The molecule has 0 saturated carbocycles. The topological polar surface area (TPSA) is 68.6 Å². The molecule has 0 aromatic heterocycles. The average molecular weight is 379 g/mol. The number of carbonyl (C=O) groups excluding carboxylic acids is 1. The van der Waals surface area contributed by atoms with Gasteiger partial charge in [-0.05, 0) is 66.4 Å². The number of ether oxygens (including phenoxy) is 3. The Morgan fingerprint density at radius 1 is 1.04 bits per heavy atom. The number of methoxy groups -OCH3 is 2. The van der Waals surface area contributed by atoms with Gasteiger partial charge in [0, 0.05) is 0 Å². The molecule has 0 amide bonds. The standard InChI is InChI=1S/C23H25NO4/c1-5-17(6-2)23(25)28-21-12-7-16(14-22(21)27-4)13-19(15-24)18-8-10-20(26-3)11-9-18/h7-14,17H,5-6H2,1-4H3/b19-13-. The van der Waals surface area contributed by atoms with Gasteiger partial charge >= 0.3 is 5.97 Å². The molecule has 0 saturated heterocycles. The summed E-state index contributed by atoms with van der Waals surface area (Å²) in [6.07, 6.45) is 3.22. The van der Waals surface area contributed by atoms with Crippen LogP contribution in [-0.2, 0) is 4.79 Å². The van der Waals surface area contributed by atoms with Crippen molar-refractivity contribution in [2.75, 3.05) is 14.2 Å². The van der Waals surface area contributed by atoms with Gasteiger partial charge in [-0.2, -0.15) is 5.26 Å². The van der Waals surface area contributed by atoms with E-state index < -0.39 is 0 Å². The number of esters is 1. The molecule has 28 heavy (non-hydrogen) atoms. The van der Waals surface area contributed by atoms with Crippen molar-refractivity contribution in [3.05, 3.63) is 53.6 Å². The highest BCUT2D eigenvalue weighted by molar-refractivity contribution is 5.90. The summed E-state index contributed by atoms with van der Waals surface area (Å²) in [6.45, 7) is 3.92. The van der Waals surface area contributed by atoms with Gasteiger partial charge in [0.1, 0.15) is 5.75 Å². The lowest BCUT2D eigenvalue weighted by atomic mass is 10.0. The molecule has 0 aliphatic heterocycles. The van der Waals surface area contributed by atoms with Crippen molar-refractivity contribution in [3.8, 4) is 23.3 Å². The fourth-order valence-corrected chi connectivity index (χ4v) is 2.79. The smallest absolute Gasteiger partial charge is 0.314 e. The van der Waals surface area contributed by atoms with Gasteiger partial charge in [-0.1, -0.05) is 19.9 Å². The highest BCUT2D eigenvalue weighted by Crippen LogP contribution is 2.31. The van der Waals surface area contributed by atoms with Crippen LogP contribution in [0.15, 0.2) is 42.5 Å². The molecule has 0 aliphatic rings. The van der Waals surface area contributed by atoms with Gasteiger partial charge < -0.3 is 14.2 Å². The Balaban J connectivity index is 2.29. The minimum absolute atomic E-state index is 0.135. The number of nitrogens with zero attached hydrogens (tertiary/aromatic N) is 1. The molecule has 2 aromatic carbocycles. The van der Waals surface area contributed by atoms with E-state index in [-0.39, 0.29) is 11.9 Å². The molecule has 0 heterocycles. The highest BCUT2D eigenvalue weighted by atomic mass is 16.6. The van der Waals surface area contributed by atoms with Gasteiger partial charge in [0.05, 0.1) is 31.8 Å². The molecular formula is C23H25NO4. The van der Waals surface area contributed by atoms with E-state index in [1.165, 1.54) is 7.11 Å². The van der Waals surface area contributed by atoms with Crippen molar-refractivity contribution in [1.82, 2.24) is 0 Å². The monoisotopic (exact) mass is 379 g/mol. The third kappa shape index (κ3) is 5.14. The van der Waals surface area contributed by atoms with Crippen LogP contribution in [0, 0.1) is 17.2 Å². The Morgan fingerprint density at radius 2 is 1.71 bits per heavy atom. The molecular weight excluding hydrogens is 354 g/mol. The average Bonchev–Trinajstić information content (AvgIpc) is 2.73. The number of hydrogen-bond acceptors (Lipinski definition) is 5. The molecule has 0 bridgehead atoms. The molecule has 0 unspecified atom stereocenters. The third-order valence-electron chi connectivity index (χ3n) is 4.55. The summed E-state index contributed by atoms with van der Waals surface area (Å²) in [6, 6.07) is 14.7. The molecule has 0 N–H and O–H groups in total. The normalized spacial score (nSPS) is 11.1. The van der Waals surface area contributed by atoms with E-state index in [0.717, 1.165) is 29.7 Å². The molecule has 5 heteroatoms. The molecule has 5 nitrogen and oxygen atoms in total. The van der Waals surface area contributed by atoms with E-state index in [9.17, 15) is 10.1 Å². The summed E-state index contributed by atoms with van der Waals surface area (Å²) in [4.78, 5) is 12.2. The zero-order valence-electron chi connectivity index (χ0n) is 16.7. The van der Waals surface area contributed by atoms with Gasteiger partial charge in [-0.3, -0.25) is 4.79 Å². The van der Waals surface area contributed by atoms with Crippen LogP contribution < -0.4 is 14.2 Å². The number of carbonyl (C=O) groups is 1. The summed E-state index contributed by atoms with van der Waals surface area (Å²) in [5, 5.41) is 9.53. The van der Waals surface area contributed by atoms with Crippen molar-refractivity contribution in [2.45, 2.75) is 26.7 Å². The zero-order valence-corrected chi connectivity index (χ0v) is 16.7. The Hall–Kier alpha value is -3.26. The molecule has 0 radical (unpaired) electrons. The van der Waals surface area contributed by atoms with Gasteiger partial charge in [0.25, 0.3) is 0 Å². The number of hydrogen-bond donors (Lipinski definition) is 0. The number of benzene rings is 2. The Kier molecular flexibility index (Phi) is 7.65. The van der Waals surface area contributed by atoms with E-state index in [4.69, 9.17) is 14.2 Å². The van der Waals surface area contributed by atoms with Crippen molar-refractivity contribution in [1.29, 1.82) is 5.26 Å². The van der Waals surface area contributed by atoms with Crippen LogP contribution in [-0.4, -0.2) is 20.2 Å². The summed E-state index contributed by atoms with van der Waals surface area (Å²) >= 11 is 0. The fraction of sp³-hybridized carbons (Fsp3) is 0.304. The predicted octanol–water partition coefficient (Wildman–Crippen LogP) is 5.11. The molecule has 0 aliphatic carbocycles. The van der Waals surface area contributed by atoms with Crippen LogP contribution in [0.5, 0.6) is 17.2 Å². The van der Waals surface area contributed by atoms with Crippen molar-refractivity contribution >= 4 is 17.6 Å². The summed E-state index contributed by atoms with van der Waals surface area (Å²) in [7, 11) is 3.12. The maximum Gasteiger partial charge on any atom is 0.314 e. The Labute approximate surface area is 166 Å². The molecule has 0 spiro atoms. The summed E-state index contributed by atoms with van der Waals surface area (Å²) in [5.74, 6) is 1.15. The minimum atomic E-state index is -0.262. The first kappa shape index (κ1) is 21.0. The SMILES string of the molecule is CCC(CC)C(=O)Oc1ccc(/C=C(/C#N)c2ccc(OC)cc2)cc1OC. The van der Waals surface area contributed by atoms with Crippen LogP contribution in [0.3, 0.4) is 0 Å². The van der Waals surface area contributed by atoms with E-state index in [1.54, 1.807) is 31.4 Å². The van der Waals surface area contributed by atoms with Gasteiger partial charge in [-0.25, -0.2) is 0 Å². The Bertz CT molecular complexity index is 874. The summed E-state index contributed by atoms with van der Waals surface area (Å²) < 4.78 is 16.0. The molecule has 2 rings (SSSR count). The number of rotatable bonds is 8. The second-order valence-electron chi connectivity index (χ2n) is 6.24. The lowest BCUT2D eigenvalue weighted by Crippen LogP contribution is -2.19. The third-order valence-corrected chi connectivity index (χ3v) is 4.55. The predicted molar refractivity (Wildman–Crippen MR) is 109 cm³/mol. The van der Waals surface area contributed by atoms with Gasteiger partial charge in [-0.15, -0.1) is 0 Å². The van der Waals surface area contributed by atoms with Crippen molar-refractivity contribution < 1.29 is 19.0 Å². The van der Waals surface area contributed by atoms with E-state index in [1.807, 2.05) is 38.1 Å². The van der Waals surface area contributed by atoms with Crippen molar-refractivity contribution in [3.63, 3.8) is 0 Å². The first-order valence-electron chi connectivity index (χ1n) is 9.22. The number of allylic oxidation sites excluding steroid dienone is 1. The Morgan fingerprint density at radius 3 is 2.25 bits per heavy atom. The minimum Gasteiger partial charge on any atom is -0.497 e. The first-order chi connectivity index (χ1) is 13.6. The van der Waals surface area contributed by atoms with Crippen molar-refractivity contribution in [2.24, 2.45) is 5.92 Å². The lowest BCUT2D eigenvalue weighted by molar-refractivity contribution is -0.139. The molecule has 0 atom stereocenters. The van der Waals surface area contributed by atoms with Crippen LogP contribution in [0.4, 0.5) is 0 Å². The maximum atomic E-state index is 12.2. The van der Waals surface area contributed by atoms with Crippen LogP contribution in [0.1, 0.15) is 37.8 Å². The first-order valence-corrected chi connectivity index (χ1v) is 9.22. The largest absolute Gasteiger partial charge is 0.497 e. The second-order valence-corrected chi connectivity index (χ2v) is 6.24. The van der Waals surface area contributed by atoms with Gasteiger partial charge in [0.2, 0.25) is 0 Å². The molecule has 0 fully saturated rings. The lowest BCUT2D eigenvalue weighted by Gasteiger charge is -2.14. The van der Waals surface area contributed by atoms with Gasteiger partial charge in [0.15, 0.2) is 11.5 Å². The van der Waals surface area contributed by atoms with E-state index >= 15 is 0 Å². The molecule has 2 aromatic rings. The second kappa shape index (κ2) is 10.2. The number of nitriles is 1. The van der Waals surface area contributed by atoms with Crippen LogP contribution in [0.25, 0.3) is 11.6 Å². The highest BCUT2D eigenvalue weighted by Gasteiger charge is 2.18. The molecule has 146 valence electrons.